The van der Waals surface area contributed by atoms with E-state index >= 15 is 0 Å². The van der Waals surface area contributed by atoms with E-state index in [0.717, 1.165) is 0 Å². The van der Waals surface area contributed by atoms with E-state index in [1.54, 1.807) is 13.1 Å². The number of carbonyl (C=O) groups is 1. The number of carbonyl (C=O) groups excluding carboxylic acids is 1. The van der Waals surface area contributed by atoms with Crippen LogP contribution >= 0.6 is 11.6 Å². The van der Waals surface area contributed by atoms with Crippen LogP contribution in [0.1, 0.15) is 16.3 Å². The summed E-state index contributed by atoms with van der Waals surface area (Å²) in [4.78, 5) is 16.8. The zero-order valence-electron chi connectivity index (χ0n) is 7.75. The largest absolute Gasteiger partial charge is 0.283 e. The molecule has 6 nitrogen and oxygen atoms in total. The molecule has 0 saturated heterocycles. The quantitative estimate of drug-likeness (QED) is 0.693. The molecule has 7 heteroatoms. The summed E-state index contributed by atoms with van der Waals surface area (Å²) >= 11 is 5.64. The highest BCUT2D eigenvalue weighted by Crippen LogP contribution is 2.08. The van der Waals surface area contributed by atoms with Gasteiger partial charge in [0.05, 0.1) is 12.1 Å². The third-order valence-electron chi connectivity index (χ3n) is 1.67. The average molecular weight is 224 g/mol. The first-order valence-corrected chi connectivity index (χ1v) is 4.45. The molecule has 0 fully saturated rings. The molecule has 0 aliphatic carbocycles. The number of pyridine rings is 1. The van der Waals surface area contributed by atoms with Crippen molar-refractivity contribution in [2.24, 2.45) is 7.05 Å². The molecule has 0 aromatic carbocycles. The Morgan fingerprint density at radius 2 is 2.27 bits per heavy atom. The predicted molar refractivity (Wildman–Crippen MR) is 51.5 cm³/mol. The molecule has 0 unspecified atom stereocenters. The van der Waals surface area contributed by atoms with Crippen molar-refractivity contribution in [3.05, 3.63) is 34.9 Å². The van der Waals surface area contributed by atoms with Gasteiger partial charge in [-0.3, -0.25) is 9.78 Å². The fraction of sp³-hybridized carbons (Fsp3) is 0.125. The number of hydrogen-bond donors (Lipinski definition) is 0. The van der Waals surface area contributed by atoms with Gasteiger partial charge in [0.25, 0.3) is 5.78 Å². The molecular weight excluding hydrogens is 218 g/mol. The summed E-state index contributed by atoms with van der Waals surface area (Å²) in [5.74, 6) is -0.355. The molecule has 0 aliphatic heterocycles. The number of tetrazole rings is 1. The first-order valence-electron chi connectivity index (χ1n) is 4.07. The van der Waals surface area contributed by atoms with E-state index < -0.39 is 0 Å². The second kappa shape index (κ2) is 3.74. The van der Waals surface area contributed by atoms with Crippen molar-refractivity contribution in [1.29, 1.82) is 0 Å². The molecule has 0 atom stereocenters. The van der Waals surface area contributed by atoms with Gasteiger partial charge in [0.15, 0.2) is 0 Å². The van der Waals surface area contributed by atoms with E-state index in [2.05, 4.69) is 20.4 Å². The lowest BCUT2D eigenvalue weighted by Crippen LogP contribution is -2.06. The van der Waals surface area contributed by atoms with Crippen LogP contribution in [0.15, 0.2) is 18.3 Å². The second-order valence-electron chi connectivity index (χ2n) is 2.79. The van der Waals surface area contributed by atoms with Crippen molar-refractivity contribution in [3.63, 3.8) is 0 Å². The molecule has 0 amide bonds. The maximum absolute atomic E-state index is 11.7. The van der Waals surface area contributed by atoms with Crippen LogP contribution in [-0.4, -0.2) is 31.0 Å². The number of nitrogens with zero attached hydrogens (tertiary/aromatic N) is 5. The van der Waals surface area contributed by atoms with Gasteiger partial charge in [-0.05, 0) is 17.3 Å². The Bertz CT molecular complexity index is 492. The number of halogens is 1. The molecule has 76 valence electrons. The van der Waals surface area contributed by atoms with Gasteiger partial charge in [-0.15, -0.1) is 10.2 Å². The lowest BCUT2D eigenvalue weighted by molar-refractivity contribution is 0.102. The van der Waals surface area contributed by atoms with Crippen molar-refractivity contribution in [1.82, 2.24) is 25.2 Å². The van der Waals surface area contributed by atoms with E-state index in [1.165, 1.54) is 17.1 Å². The van der Waals surface area contributed by atoms with Crippen LogP contribution in [0.25, 0.3) is 0 Å². The Morgan fingerprint density at radius 3 is 2.80 bits per heavy atom. The number of aryl methyl sites for hydroxylation is 1. The van der Waals surface area contributed by atoms with Crippen molar-refractivity contribution in [2.45, 2.75) is 0 Å². The third kappa shape index (κ3) is 1.99. The van der Waals surface area contributed by atoms with Gasteiger partial charge in [0.1, 0.15) is 5.69 Å². The van der Waals surface area contributed by atoms with E-state index in [1.807, 2.05) is 0 Å². The van der Waals surface area contributed by atoms with Crippen molar-refractivity contribution in [2.75, 3.05) is 0 Å². The first kappa shape index (κ1) is 9.72. The summed E-state index contributed by atoms with van der Waals surface area (Å²) in [6.07, 6.45) is 1.39. The van der Waals surface area contributed by atoms with Crippen LogP contribution in [0.3, 0.4) is 0 Å². The molecule has 0 spiro atoms. The van der Waals surface area contributed by atoms with E-state index in [0.29, 0.717) is 5.02 Å². The molecule has 0 radical (unpaired) electrons. The molecule has 2 aromatic rings. The molecule has 15 heavy (non-hydrogen) atoms. The summed E-state index contributed by atoms with van der Waals surface area (Å²) in [7, 11) is 1.58. The summed E-state index contributed by atoms with van der Waals surface area (Å²) in [6, 6.07) is 3.10. The molecule has 2 heterocycles. The molecular formula is C8H6ClN5O. The van der Waals surface area contributed by atoms with Crippen LogP contribution in [-0.2, 0) is 7.05 Å². The van der Waals surface area contributed by atoms with Crippen LogP contribution < -0.4 is 0 Å². The first-order chi connectivity index (χ1) is 7.16. The maximum Gasteiger partial charge on any atom is 0.252 e. The SMILES string of the molecule is Cn1nnc(C(=O)c2ccc(Cl)cn2)n1. The van der Waals surface area contributed by atoms with Gasteiger partial charge in [0, 0.05) is 6.20 Å². The standard InChI is InChI=1S/C8H6ClN5O/c1-14-12-8(11-13-14)7(15)6-3-2-5(9)4-10-6/h2-4H,1H3. The average Bonchev–Trinajstić information content (AvgIpc) is 2.65. The summed E-state index contributed by atoms with van der Waals surface area (Å²) in [5.41, 5.74) is 0.243. The molecule has 0 saturated carbocycles. The maximum atomic E-state index is 11.7. The van der Waals surface area contributed by atoms with Gasteiger partial charge >= 0.3 is 0 Å². The normalized spacial score (nSPS) is 10.3. The monoisotopic (exact) mass is 223 g/mol. The van der Waals surface area contributed by atoms with E-state index in [9.17, 15) is 4.79 Å². The van der Waals surface area contributed by atoms with Gasteiger partial charge < -0.3 is 0 Å². The summed E-state index contributed by atoms with van der Waals surface area (Å²) in [5, 5.41) is 11.4. The highest BCUT2D eigenvalue weighted by Gasteiger charge is 2.15. The second-order valence-corrected chi connectivity index (χ2v) is 3.23. The number of hydrogen-bond acceptors (Lipinski definition) is 5. The Labute approximate surface area is 89.9 Å². The minimum Gasteiger partial charge on any atom is -0.283 e. The van der Waals surface area contributed by atoms with Crippen molar-refractivity contribution < 1.29 is 4.79 Å². The zero-order chi connectivity index (χ0) is 10.8. The van der Waals surface area contributed by atoms with Crippen LogP contribution in [0.4, 0.5) is 0 Å². The fourth-order valence-corrected chi connectivity index (χ4v) is 1.11. The topological polar surface area (TPSA) is 73.6 Å². The van der Waals surface area contributed by atoms with E-state index in [4.69, 9.17) is 11.6 Å². The third-order valence-corrected chi connectivity index (χ3v) is 1.90. The van der Waals surface area contributed by atoms with Gasteiger partial charge in [-0.1, -0.05) is 11.6 Å². The van der Waals surface area contributed by atoms with Crippen LogP contribution in [0, 0.1) is 0 Å². The molecule has 0 N–H and O–H groups in total. The van der Waals surface area contributed by atoms with Crippen molar-refractivity contribution in [3.8, 4) is 0 Å². The predicted octanol–water partition coefficient (Wildman–Crippen LogP) is 0.489. The fourth-order valence-electron chi connectivity index (χ4n) is 1.000. The number of aromatic nitrogens is 5. The molecule has 2 aromatic heterocycles. The lowest BCUT2D eigenvalue weighted by Gasteiger charge is -1.94. The Balaban J connectivity index is 2.32. The zero-order valence-corrected chi connectivity index (χ0v) is 8.51. The minimum atomic E-state index is -0.375. The summed E-state index contributed by atoms with van der Waals surface area (Å²) in [6.45, 7) is 0. The highest BCUT2D eigenvalue weighted by molar-refractivity contribution is 6.30. The number of rotatable bonds is 2. The van der Waals surface area contributed by atoms with Crippen molar-refractivity contribution >= 4 is 17.4 Å². The molecule has 0 bridgehead atoms. The molecule has 2 rings (SSSR count). The number of ketones is 1. The lowest BCUT2D eigenvalue weighted by atomic mass is 10.2. The minimum absolute atomic E-state index is 0.0207. The van der Waals surface area contributed by atoms with E-state index in [-0.39, 0.29) is 17.3 Å². The highest BCUT2D eigenvalue weighted by atomic mass is 35.5. The van der Waals surface area contributed by atoms with Gasteiger partial charge in [0.2, 0.25) is 5.82 Å². The smallest absolute Gasteiger partial charge is 0.252 e. The molecule has 0 aliphatic rings. The van der Waals surface area contributed by atoms with Gasteiger partial charge in [-0.2, -0.15) is 4.80 Å². The van der Waals surface area contributed by atoms with Gasteiger partial charge in [-0.25, -0.2) is 0 Å². The summed E-state index contributed by atoms with van der Waals surface area (Å²) < 4.78 is 0. The van der Waals surface area contributed by atoms with Crippen LogP contribution in [0.5, 0.6) is 0 Å². The Kier molecular flexibility index (Phi) is 2.42. The Morgan fingerprint density at radius 1 is 1.47 bits per heavy atom. The Hall–Kier alpha value is -1.82. The van der Waals surface area contributed by atoms with Crippen LogP contribution in [0.2, 0.25) is 5.02 Å².